The van der Waals surface area contributed by atoms with E-state index in [-0.39, 0.29) is 18.0 Å². The lowest BCUT2D eigenvalue weighted by Crippen LogP contribution is -2.35. The highest BCUT2D eigenvalue weighted by Gasteiger charge is 2.42. The van der Waals surface area contributed by atoms with Crippen LogP contribution < -0.4 is 5.32 Å². The molecule has 1 atom stereocenters. The zero-order valence-electron chi connectivity index (χ0n) is 32.1. The van der Waals surface area contributed by atoms with Gasteiger partial charge >= 0.3 is 12.1 Å². The van der Waals surface area contributed by atoms with E-state index in [0.717, 1.165) is 54.4 Å². The first-order valence-electron chi connectivity index (χ1n) is 20.2. The molecule has 286 valence electrons. The molecule has 0 spiro atoms. The second-order valence-electron chi connectivity index (χ2n) is 14.8. The maximum atomic E-state index is 13.6. The van der Waals surface area contributed by atoms with Gasteiger partial charge in [-0.3, -0.25) is 4.79 Å². The lowest BCUT2D eigenvalue weighted by molar-refractivity contribution is -0.153. The van der Waals surface area contributed by atoms with Crippen LogP contribution in [0.3, 0.4) is 0 Å². The first-order chi connectivity index (χ1) is 27.0. The summed E-state index contributed by atoms with van der Waals surface area (Å²) in [6.07, 6.45) is 12.2. The van der Waals surface area contributed by atoms with Crippen molar-refractivity contribution >= 4 is 23.7 Å². The third kappa shape index (κ3) is 10.3. The van der Waals surface area contributed by atoms with Gasteiger partial charge in [-0.05, 0) is 48.1 Å². The van der Waals surface area contributed by atoms with E-state index in [2.05, 4.69) is 60.8 Å². The monoisotopic (exact) mass is 755 g/mol. The number of esters is 1. The van der Waals surface area contributed by atoms with E-state index in [1.807, 2.05) is 78.9 Å². The molecule has 0 heterocycles. The van der Waals surface area contributed by atoms with E-state index >= 15 is 0 Å². The molecule has 1 unspecified atom stereocenters. The molecule has 0 bridgehead atoms. The van der Waals surface area contributed by atoms with Gasteiger partial charge in [-0.1, -0.05) is 196 Å². The molecule has 0 saturated carbocycles. The Hall–Kier alpha value is -4.87. The third-order valence-electron chi connectivity index (χ3n) is 10.8. The molecule has 5 nitrogen and oxygen atoms in total. The minimum atomic E-state index is -1.15. The molecular formula is C49H54ClNO4. The van der Waals surface area contributed by atoms with Crippen molar-refractivity contribution in [3.05, 3.63) is 166 Å². The van der Waals surface area contributed by atoms with Crippen LogP contribution in [0.4, 0.5) is 4.79 Å². The zero-order chi connectivity index (χ0) is 38.3. The molecular weight excluding hydrogens is 702 g/mol. The number of alkyl carbamates (subject to hydrolysis) is 1. The largest absolute Gasteiger partial charge is 0.449 e. The number of aryl methyl sites for hydroxylation is 1. The summed E-state index contributed by atoms with van der Waals surface area (Å²) in [6.45, 7) is 3.04. The van der Waals surface area contributed by atoms with Gasteiger partial charge in [0.25, 0.3) is 0 Å². The molecule has 0 aromatic heterocycles. The van der Waals surface area contributed by atoms with E-state index in [1.165, 1.54) is 60.8 Å². The molecule has 1 N–H and O–H groups in total. The van der Waals surface area contributed by atoms with E-state index in [4.69, 9.17) is 21.1 Å². The predicted octanol–water partition coefficient (Wildman–Crippen LogP) is 12.7. The number of halogens is 1. The number of ether oxygens (including phenoxy) is 2. The number of benzene rings is 5. The molecule has 1 aliphatic rings. The van der Waals surface area contributed by atoms with Crippen LogP contribution in [-0.2, 0) is 19.9 Å². The lowest BCUT2D eigenvalue weighted by Gasteiger charge is -2.36. The number of carbonyl (C=O) groups excluding carboxylic acids is 2. The van der Waals surface area contributed by atoms with Crippen LogP contribution in [0.25, 0.3) is 11.1 Å². The summed E-state index contributed by atoms with van der Waals surface area (Å²) in [5, 5.41) is 3.50. The predicted molar refractivity (Wildman–Crippen MR) is 224 cm³/mol. The van der Waals surface area contributed by atoms with Crippen LogP contribution in [0.2, 0.25) is 5.02 Å². The van der Waals surface area contributed by atoms with Gasteiger partial charge in [0.1, 0.15) is 6.61 Å². The molecule has 0 saturated heterocycles. The third-order valence-corrected chi connectivity index (χ3v) is 11.2. The van der Waals surface area contributed by atoms with Crippen molar-refractivity contribution in [3.8, 4) is 11.1 Å². The SMILES string of the molecule is Cc1ccc(C(OC(=O)CCCCCCCCCCCCCNC(=O)OCC2c3ccccc3-c3ccccc32)(c2ccccc2)c2ccccc2Cl)cc1. The van der Waals surface area contributed by atoms with Gasteiger partial charge < -0.3 is 14.8 Å². The van der Waals surface area contributed by atoms with Crippen molar-refractivity contribution in [1.82, 2.24) is 5.32 Å². The molecule has 5 aromatic rings. The van der Waals surface area contributed by atoms with Crippen LogP contribution in [-0.4, -0.2) is 25.2 Å². The minimum absolute atomic E-state index is 0.0819. The smallest absolute Gasteiger partial charge is 0.407 e. The molecule has 5 aromatic carbocycles. The van der Waals surface area contributed by atoms with Gasteiger partial charge in [0, 0.05) is 40.6 Å². The number of carbonyl (C=O) groups is 2. The molecule has 0 aliphatic heterocycles. The molecule has 0 radical (unpaired) electrons. The Labute approximate surface area is 332 Å². The molecule has 1 aliphatic carbocycles. The van der Waals surface area contributed by atoms with Gasteiger partial charge in [-0.2, -0.15) is 0 Å². The van der Waals surface area contributed by atoms with E-state index < -0.39 is 5.60 Å². The summed E-state index contributed by atoms with van der Waals surface area (Å²) in [5.74, 6) is -0.142. The maximum Gasteiger partial charge on any atom is 0.407 e. The number of unbranched alkanes of at least 4 members (excludes halogenated alkanes) is 10. The van der Waals surface area contributed by atoms with E-state index in [1.54, 1.807) is 0 Å². The van der Waals surface area contributed by atoms with Gasteiger partial charge in [0.2, 0.25) is 0 Å². The van der Waals surface area contributed by atoms with Crippen molar-refractivity contribution < 1.29 is 19.1 Å². The molecule has 55 heavy (non-hydrogen) atoms. The minimum Gasteiger partial charge on any atom is -0.449 e. The first-order valence-corrected chi connectivity index (χ1v) is 20.5. The quantitative estimate of drug-likeness (QED) is 0.0488. The van der Waals surface area contributed by atoms with Crippen LogP contribution in [0.1, 0.15) is 116 Å². The first kappa shape index (κ1) is 39.8. The summed E-state index contributed by atoms with van der Waals surface area (Å²) < 4.78 is 12.2. The second kappa shape index (κ2) is 20.2. The molecule has 6 heteroatoms. The normalized spacial score (nSPS) is 13.1. The molecule has 1 amide bonds. The lowest BCUT2D eigenvalue weighted by atomic mass is 9.79. The average molecular weight is 756 g/mol. The highest BCUT2D eigenvalue weighted by atomic mass is 35.5. The Morgan fingerprint density at radius 3 is 1.73 bits per heavy atom. The van der Waals surface area contributed by atoms with Crippen molar-refractivity contribution in [2.45, 2.75) is 95.5 Å². The van der Waals surface area contributed by atoms with Gasteiger partial charge in [-0.15, -0.1) is 0 Å². The number of nitrogens with one attached hydrogen (secondary N) is 1. The van der Waals surface area contributed by atoms with E-state index in [9.17, 15) is 9.59 Å². The number of amides is 1. The Morgan fingerprint density at radius 1 is 0.600 bits per heavy atom. The summed E-state index contributed by atoms with van der Waals surface area (Å²) in [6, 6.07) is 42.5. The summed E-state index contributed by atoms with van der Waals surface area (Å²) in [7, 11) is 0. The molecule has 6 rings (SSSR count). The van der Waals surface area contributed by atoms with Gasteiger partial charge in [-0.25, -0.2) is 4.79 Å². The number of rotatable bonds is 20. The Bertz CT molecular complexity index is 1930. The summed E-state index contributed by atoms with van der Waals surface area (Å²) >= 11 is 6.81. The Morgan fingerprint density at radius 2 is 1.11 bits per heavy atom. The fraction of sp³-hybridized carbons (Fsp3) is 0.347. The summed E-state index contributed by atoms with van der Waals surface area (Å²) in [4.78, 5) is 26.0. The van der Waals surface area contributed by atoms with Crippen LogP contribution >= 0.6 is 11.6 Å². The number of hydrogen-bond acceptors (Lipinski definition) is 4. The fourth-order valence-corrected chi connectivity index (χ4v) is 8.17. The van der Waals surface area contributed by atoms with Crippen LogP contribution in [0.5, 0.6) is 0 Å². The van der Waals surface area contributed by atoms with Crippen molar-refractivity contribution in [1.29, 1.82) is 0 Å². The van der Waals surface area contributed by atoms with Gasteiger partial charge in [0.05, 0.1) is 0 Å². The van der Waals surface area contributed by atoms with Crippen LogP contribution in [0, 0.1) is 6.92 Å². The number of hydrogen-bond donors (Lipinski definition) is 1. The maximum absolute atomic E-state index is 13.6. The second-order valence-corrected chi connectivity index (χ2v) is 15.2. The zero-order valence-corrected chi connectivity index (χ0v) is 32.9. The van der Waals surface area contributed by atoms with Crippen molar-refractivity contribution in [2.24, 2.45) is 0 Å². The Kier molecular flexibility index (Phi) is 14.6. The van der Waals surface area contributed by atoms with E-state index in [0.29, 0.717) is 24.6 Å². The van der Waals surface area contributed by atoms with Gasteiger partial charge in [0.15, 0.2) is 5.60 Å². The average Bonchev–Trinajstić information content (AvgIpc) is 3.53. The fourth-order valence-electron chi connectivity index (χ4n) is 7.91. The topological polar surface area (TPSA) is 64.6 Å². The molecule has 0 fully saturated rings. The highest BCUT2D eigenvalue weighted by molar-refractivity contribution is 6.31. The van der Waals surface area contributed by atoms with Crippen LogP contribution in [0.15, 0.2) is 127 Å². The number of fused-ring (bicyclic) bond motifs is 3. The standard InChI is InChI=1S/C49H54ClNO4/c1-37-31-33-39(34-32-37)49(38-22-12-11-13-23-38,45-28-19-20-29-46(45)50)55-47(52)30-14-9-7-5-3-2-4-6-8-10-21-35-51-48(53)54-36-44-42-26-17-15-24-40(42)41-25-16-18-27-43(41)44/h11-13,15-20,22-29,31-34,44H,2-10,14,21,30,35-36H2,1H3,(H,51,53). The highest BCUT2D eigenvalue weighted by Crippen LogP contribution is 2.45. The van der Waals surface area contributed by atoms with Crippen molar-refractivity contribution in [2.75, 3.05) is 13.2 Å². The Balaban J connectivity index is 0.832. The summed E-state index contributed by atoms with van der Waals surface area (Å²) in [5.41, 5.74) is 7.40. The van der Waals surface area contributed by atoms with Crippen molar-refractivity contribution in [3.63, 3.8) is 0 Å².